The second-order valence-electron chi connectivity index (χ2n) is 3.16. The normalized spacial score (nSPS) is 9.94. The number of amides is 3. The number of nitrogens with one attached hydrogen (secondary N) is 2. The van der Waals surface area contributed by atoms with Crippen molar-refractivity contribution in [3.05, 3.63) is 12.7 Å². The van der Waals surface area contributed by atoms with Gasteiger partial charge in [0.1, 0.15) is 0 Å². The molecular formula is C10H19N3O3. The summed E-state index contributed by atoms with van der Waals surface area (Å²) in [7, 11) is 0. The number of urea groups is 1. The summed E-state index contributed by atoms with van der Waals surface area (Å²) < 4.78 is 0. The molecule has 0 aliphatic rings. The maximum atomic E-state index is 11.4. The van der Waals surface area contributed by atoms with Crippen molar-refractivity contribution < 1.29 is 14.7 Å². The molecule has 0 aromatic heterocycles. The number of hydrogen-bond acceptors (Lipinski definition) is 4. The van der Waals surface area contributed by atoms with Crippen molar-refractivity contribution in [2.45, 2.75) is 6.92 Å². The Labute approximate surface area is 95.3 Å². The maximum Gasteiger partial charge on any atom is 0.321 e. The van der Waals surface area contributed by atoms with E-state index < -0.39 is 11.9 Å². The Hall–Kier alpha value is -1.40. The Morgan fingerprint density at radius 2 is 2.19 bits per heavy atom. The van der Waals surface area contributed by atoms with Crippen LogP contribution in [0, 0.1) is 0 Å². The quantitative estimate of drug-likeness (QED) is 0.505. The van der Waals surface area contributed by atoms with E-state index in [0.717, 1.165) is 0 Å². The second kappa shape index (κ2) is 8.87. The topological polar surface area (TPSA) is 81.7 Å². The molecule has 16 heavy (non-hydrogen) atoms. The van der Waals surface area contributed by atoms with E-state index in [1.807, 2.05) is 0 Å². The Morgan fingerprint density at radius 1 is 1.50 bits per heavy atom. The van der Waals surface area contributed by atoms with Gasteiger partial charge in [0.2, 0.25) is 5.91 Å². The summed E-state index contributed by atoms with van der Waals surface area (Å²) in [4.78, 5) is 24.1. The molecule has 3 amide bonds. The van der Waals surface area contributed by atoms with E-state index in [-0.39, 0.29) is 13.2 Å². The summed E-state index contributed by atoms with van der Waals surface area (Å²) in [6, 6.07) is -0.505. The third-order valence-electron chi connectivity index (χ3n) is 1.76. The fourth-order valence-electron chi connectivity index (χ4n) is 1.13. The molecule has 0 aromatic carbocycles. The molecule has 0 spiro atoms. The minimum atomic E-state index is -0.505. The molecule has 0 fully saturated rings. The first kappa shape index (κ1) is 14.6. The van der Waals surface area contributed by atoms with Crippen molar-refractivity contribution in [1.29, 1.82) is 0 Å². The Balaban J connectivity index is 3.98. The van der Waals surface area contributed by atoms with Gasteiger partial charge in [-0.25, -0.2) is 4.79 Å². The fourth-order valence-corrected chi connectivity index (χ4v) is 1.13. The van der Waals surface area contributed by atoms with Crippen LogP contribution in [0.15, 0.2) is 12.7 Å². The van der Waals surface area contributed by atoms with Crippen LogP contribution < -0.4 is 10.6 Å². The molecule has 92 valence electrons. The number of carbonyl (C=O) groups is 2. The molecule has 3 N–H and O–H groups in total. The minimum absolute atomic E-state index is 0.0394. The Bertz CT molecular complexity index is 243. The maximum absolute atomic E-state index is 11.4. The lowest BCUT2D eigenvalue weighted by Gasteiger charge is -2.18. The van der Waals surface area contributed by atoms with Crippen LogP contribution in [-0.2, 0) is 4.79 Å². The first-order chi connectivity index (χ1) is 7.63. The molecule has 0 heterocycles. The van der Waals surface area contributed by atoms with Gasteiger partial charge in [-0.3, -0.25) is 15.0 Å². The lowest BCUT2D eigenvalue weighted by molar-refractivity contribution is -0.121. The number of imide groups is 1. The highest BCUT2D eigenvalue weighted by atomic mass is 16.3. The summed E-state index contributed by atoms with van der Waals surface area (Å²) in [5.41, 5.74) is 0. The highest BCUT2D eigenvalue weighted by Crippen LogP contribution is 1.87. The average Bonchev–Trinajstić information content (AvgIpc) is 2.18. The summed E-state index contributed by atoms with van der Waals surface area (Å²) in [6.07, 6.45) is 1.63. The van der Waals surface area contributed by atoms with E-state index in [4.69, 9.17) is 5.11 Å². The van der Waals surface area contributed by atoms with E-state index in [0.29, 0.717) is 19.6 Å². The smallest absolute Gasteiger partial charge is 0.321 e. The van der Waals surface area contributed by atoms with Gasteiger partial charge in [-0.1, -0.05) is 6.08 Å². The zero-order valence-electron chi connectivity index (χ0n) is 9.53. The molecule has 6 heteroatoms. The van der Waals surface area contributed by atoms with Crippen LogP contribution in [0.2, 0.25) is 0 Å². The molecule has 0 atom stereocenters. The largest absolute Gasteiger partial charge is 0.395 e. The van der Waals surface area contributed by atoms with Crippen LogP contribution in [0.3, 0.4) is 0 Å². The van der Waals surface area contributed by atoms with Crippen molar-refractivity contribution in [1.82, 2.24) is 15.5 Å². The van der Waals surface area contributed by atoms with Crippen molar-refractivity contribution in [2.24, 2.45) is 0 Å². The number of hydrogen-bond donors (Lipinski definition) is 3. The van der Waals surface area contributed by atoms with Crippen LogP contribution in [0.4, 0.5) is 4.79 Å². The number of aliphatic hydroxyl groups is 1. The van der Waals surface area contributed by atoms with Crippen LogP contribution >= 0.6 is 0 Å². The monoisotopic (exact) mass is 229 g/mol. The molecule has 0 saturated heterocycles. The molecule has 0 unspecified atom stereocenters. The van der Waals surface area contributed by atoms with Crippen LogP contribution in [0.5, 0.6) is 0 Å². The number of aliphatic hydroxyl groups excluding tert-OH is 1. The van der Waals surface area contributed by atoms with Crippen molar-refractivity contribution in [3.63, 3.8) is 0 Å². The Morgan fingerprint density at radius 3 is 2.69 bits per heavy atom. The van der Waals surface area contributed by atoms with E-state index in [1.54, 1.807) is 17.9 Å². The van der Waals surface area contributed by atoms with Gasteiger partial charge in [-0.05, 0) is 6.92 Å². The first-order valence-corrected chi connectivity index (χ1v) is 5.15. The van der Waals surface area contributed by atoms with Crippen LogP contribution in [0.1, 0.15) is 6.92 Å². The van der Waals surface area contributed by atoms with Gasteiger partial charge in [0.05, 0.1) is 13.2 Å². The summed E-state index contributed by atoms with van der Waals surface area (Å²) in [5, 5.41) is 13.4. The van der Waals surface area contributed by atoms with Crippen LogP contribution in [0.25, 0.3) is 0 Å². The molecule has 0 bridgehead atoms. The molecule has 0 radical (unpaired) electrons. The molecule has 0 aliphatic heterocycles. The predicted octanol–water partition coefficient (Wildman–Crippen LogP) is -0.688. The molecule has 0 saturated carbocycles. The van der Waals surface area contributed by atoms with Gasteiger partial charge in [-0.15, -0.1) is 6.58 Å². The molecule has 6 nitrogen and oxygen atoms in total. The first-order valence-electron chi connectivity index (χ1n) is 5.15. The summed E-state index contributed by atoms with van der Waals surface area (Å²) in [6.45, 7) is 6.65. The van der Waals surface area contributed by atoms with Crippen LogP contribution in [-0.4, -0.2) is 54.7 Å². The van der Waals surface area contributed by atoms with E-state index in [2.05, 4.69) is 17.2 Å². The van der Waals surface area contributed by atoms with E-state index in [9.17, 15) is 9.59 Å². The standard InChI is InChI=1S/C10H19N3O3/c1-3-5-13(6-7-14)8-9(15)12-10(16)11-4-2/h3,14H,1,4-8H2,2H3,(H2,11,12,15,16). The molecule has 0 aromatic rings. The fraction of sp³-hybridized carbons (Fsp3) is 0.600. The predicted molar refractivity (Wildman–Crippen MR) is 60.9 cm³/mol. The summed E-state index contributed by atoms with van der Waals surface area (Å²) in [5.74, 6) is -0.402. The van der Waals surface area contributed by atoms with Gasteiger partial charge in [0.25, 0.3) is 0 Å². The van der Waals surface area contributed by atoms with Crippen molar-refractivity contribution >= 4 is 11.9 Å². The summed E-state index contributed by atoms with van der Waals surface area (Å²) >= 11 is 0. The molecule has 0 aliphatic carbocycles. The van der Waals surface area contributed by atoms with Gasteiger partial charge >= 0.3 is 6.03 Å². The molecule has 0 rings (SSSR count). The lowest BCUT2D eigenvalue weighted by atomic mass is 10.4. The SMILES string of the molecule is C=CCN(CCO)CC(=O)NC(=O)NCC. The van der Waals surface area contributed by atoms with E-state index >= 15 is 0 Å². The third-order valence-corrected chi connectivity index (χ3v) is 1.76. The minimum Gasteiger partial charge on any atom is -0.395 e. The highest BCUT2D eigenvalue weighted by molar-refractivity contribution is 5.95. The van der Waals surface area contributed by atoms with Gasteiger partial charge in [-0.2, -0.15) is 0 Å². The second-order valence-corrected chi connectivity index (χ2v) is 3.16. The van der Waals surface area contributed by atoms with Gasteiger partial charge in [0.15, 0.2) is 0 Å². The third kappa shape index (κ3) is 6.97. The highest BCUT2D eigenvalue weighted by Gasteiger charge is 2.11. The van der Waals surface area contributed by atoms with Gasteiger partial charge in [0, 0.05) is 19.6 Å². The van der Waals surface area contributed by atoms with E-state index in [1.165, 1.54) is 0 Å². The number of carbonyl (C=O) groups excluding carboxylic acids is 2. The van der Waals surface area contributed by atoms with Crippen molar-refractivity contribution in [3.8, 4) is 0 Å². The number of nitrogens with zero attached hydrogens (tertiary/aromatic N) is 1. The van der Waals surface area contributed by atoms with Crippen molar-refractivity contribution in [2.75, 3.05) is 32.8 Å². The zero-order valence-corrected chi connectivity index (χ0v) is 9.53. The number of rotatable bonds is 7. The average molecular weight is 229 g/mol. The van der Waals surface area contributed by atoms with Gasteiger partial charge < -0.3 is 10.4 Å². The molecular weight excluding hydrogens is 210 g/mol. The Kier molecular flexibility index (Phi) is 8.10. The lowest BCUT2D eigenvalue weighted by Crippen LogP contribution is -2.45. The zero-order chi connectivity index (χ0) is 12.4.